The lowest BCUT2D eigenvalue weighted by atomic mass is 10.2. The summed E-state index contributed by atoms with van der Waals surface area (Å²) in [7, 11) is -2.42. The van der Waals surface area contributed by atoms with Crippen LogP contribution < -0.4 is 10.2 Å². The number of carbonyl (C=O) groups excluding carboxylic acids is 1. The molecule has 166 valence electrons. The number of hydrazone groups is 1. The van der Waals surface area contributed by atoms with Crippen LogP contribution in [0.3, 0.4) is 0 Å². The molecule has 0 aliphatic carbocycles. The molecule has 0 saturated heterocycles. The summed E-state index contributed by atoms with van der Waals surface area (Å²) in [5.41, 5.74) is 3.61. The van der Waals surface area contributed by atoms with Crippen molar-refractivity contribution >= 4 is 22.1 Å². The van der Waals surface area contributed by atoms with Gasteiger partial charge in [-0.2, -0.15) is 9.41 Å². The lowest BCUT2D eigenvalue weighted by Crippen LogP contribution is -2.39. The van der Waals surface area contributed by atoms with Crippen molar-refractivity contribution < 1.29 is 22.3 Å². The highest BCUT2D eigenvalue weighted by atomic mass is 32.2. The maximum absolute atomic E-state index is 13.2. The predicted molar refractivity (Wildman–Crippen MR) is 119 cm³/mol. The van der Waals surface area contributed by atoms with E-state index in [2.05, 4.69) is 10.5 Å². The Hall–Kier alpha value is -3.56. The summed E-state index contributed by atoms with van der Waals surface area (Å²) >= 11 is 0. The average Bonchev–Trinajstić information content (AvgIpc) is 2.81. The third kappa shape index (κ3) is 6.22. The molecule has 0 spiro atoms. The van der Waals surface area contributed by atoms with E-state index < -0.39 is 28.3 Å². The van der Waals surface area contributed by atoms with Crippen LogP contribution in [-0.2, 0) is 21.4 Å². The Morgan fingerprint density at radius 1 is 1.03 bits per heavy atom. The summed E-state index contributed by atoms with van der Waals surface area (Å²) in [4.78, 5) is 12.5. The number of methoxy groups -OCH3 is 1. The van der Waals surface area contributed by atoms with Crippen LogP contribution in [0, 0.1) is 5.82 Å². The molecule has 32 heavy (non-hydrogen) atoms. The predicted octanol–water partition coefficient (Wildman–Crippen LogP) is 3.18. The molecular weight excluding hydrogens is 433 g/mol. The smallest absolute Gasteiger partial charge is 0.255 e. The van der Waals surface area contributed by atoms with Crippen molar-refractivity contribution in [1.29, 1.82) is 0 Å². The van der Waals surface area contributed by atoms with E-state index in [4.69, 9.17) is 4.74 Å². The molecule has 3 aromatic rings. The molecule has 7 nitrogen and oxygen atoms in total. The van der Waals surface area contributed by atoms with Gasteiger partial charge >= 0.3 is 0 Å². The van der Waals surface area contributed by atoms with E-state index in [1.54, 1.807) is 49.6 Å². The van der Waals surface area contributed by atoms with Crippen LogP contribution in [0.2, 0.25) is 0 Å². The zero-order chi connectivity index (χ0) is 23.0. The number of nitrogens with zero attached hydrogens (tertiary/aromatic N) is 2. The molecule has 0 fully saturated rings. The van der Waals surface area contributed by atoms with Gasteiger partial charge in [-0.3, -0.25) is 4.79 Å². The van der Waals surface area contributed by atoms with Gasteiger partial charge in [-0.1, -0.05) is 30.3 Å². The minimum atomic E-state index is -3.98. The van der Waals surface area contributed by atoms with Gasteiger partial charge in [-0.05, 0) is 59.7 Å². The Morgan fingerprint density at radius 2 is 1.69 bits per heavy atom. The molecule has 0 unspecified atom stereocenters. The van der Waals surface area contributed by atoms with Gasteiger partial charge in [0.1, 0.15) is 11.6 Å². The summed E-state index contributed by atoms with van der Waals surface area (Å²) in [5, 5.41) is 3.89. The molecular formula is C23H22FN3O4S. The number of halogens is 1. The standard InChI is InChI=1S/C23H22FN3O4S/c1-31-21-13-9-18(10-14-21)15-25-26-23(28)17-27(16-19-7-11-20(24)12-8-19)32(29,30)22-5-3-2-4-6-22/h2-15H,16-17H2,1H3,(H,26,28)/b25-15-. The van der Waals surface area contributed by atoms with Crippen LogP contribution in [0.25, 0.3) is 0 Å². The first-order valence-corrected chi connectivity index (χ1v) is 11.1. The molecule has 0 aliphatic rings. The van der Waals surface area contributed by atoms with E-state index >= 15 is 0 Å². The molecule has 3 rings (SSSR count). The molecule has 0 bridgehead atoms. The average molecular weight is 456 g/mol. The molecule has 1 amide bonds. The molecule has 0 aliphatic heterocycles. The Kier molecular flexibility index (Phi) is 7.69. The summed E-state index contributed by atoms with van der Waals surface area (Å²) < 4.78 is 45.6. The van der Waals surface area contributed by atoms with E-state index in [1.807, 2.05) is 0 Å². The number of hydrogen-bond donors (Lipinski definition) is 1. The Bertz CT molecular complexity index is 1170. The lowest BCUT2D eigenvalue weighted by molar-refractivity contribution is -0.121. The van der Waals surface area contributed by atoms with Gasteiger partial charge in [0.2, 0.25) is 10.0 Å². The Balaban J connectivity index is 1.74. The molecule has 0 heterocycles. The van der Waals surface area contributed by atoms with Crippen molar-refractivity contribution in [2.75, 3.05) is 13.7 Å². The number of benzene rings is 3. The van der Waals surface area contributed by atoms with E-state index in [1.165, 1.54) is 42.6 Å². The minimum absolute atomic E-state index is 0.0524. The zero-order valence-corrected chi connectivity index (χ0v) is 18.1. The number of sulfonamides is 1. The minimum Gasteiger partial charge on any atom is -0.497 e. The SMILES string of the molecule is COc1ccc(/C=N\NC(=O)CN(Cc2ccc(F)cc2)S(=O)(=O)c2ccccc2)cc1. The van der Waals surface area contributed by atoms with Gasteiger partial charge in [0.05, 0.1) is 24.8 Å². The van der Waals surface area contributed by atoms with E-state index in [0.29, 0.717) is 11.3 Å². The van der Waals surface area contributed by atoms with Gasteiger partial charge in [0.25, 0.3) is 5.91 Å². The second-order valence-corrected chi connectivity index (χ2v) is 8.72. The highest BCUT2D eigenvalue weighted by molar-refractivity contribution is 7.89. The third-order valence-corrected chi connectivity index (χ3v) is 6.30. The number of carbonyl (C=O) groups is 1. The van der Waals surface area contributed by atoms with Crippen molar-refractivity contribution in [1.82, 2.24) is 9.73 Å². The van der Waals surface area contributed by atoms with Crippen LogP contribution in [0.4, 0.5) is 4.39 Å². The number of amides is 1. The van der Waals surface area contributed by atoms with Gasteiger partial charge in [-0.25, -0.2) is 18.2 Å². The topological polar surface area (TPSA) is 88.1 Å². The second-order valence-electron chi connectivity index (χ2n) is 6.78. The van der Waals surface area contributed by atoms with E-state index in [0.717, 1.165) is 9.87 Å². The maximum atomic E-state index is 13.2. The highest BCUT2D eigenvalue weighted by Crippen LogP contribution is 2.18. The fourth-order valence-corrected chi connectivity index (χ4v) is 4.23. The van der Waals surface area contributed by atoms with Crippen molar-refractivity contribution in [3.05, 3.63) is 95.8 Å². The van der Waals surface area contributed by atoms with Crippen molar-refractivity contribution in [2.45, 2.75) is 11.4 Å². The van der Waals surface area contributed by atoms with Crippen LogP contribution in [-0.4, -0.2) is 38.5 Å². The zero-order valence-electron chi connectivity index (χ0n) is 17.3. The molecule has 1 N–H and O–H groups in total. The molecule has 0 radical (unpaired) electrons. The van der Waals surface area contributed by atoms with E-state index in [-0.39, 0.29) is 11.4 Å². The van der Waals surface area contributed by atoms with Crippen LogP contribution in [0.5, 0.6) is 5.75 Å². The normalized spacial score (nSPS) is 11.6. The first kappa shape index (κ1) is 23.1. The van der Waals surface area contributed by atoms with Gasteiger partial charge < -0.3 is 4.74 Å². The molecule has 3 aromatic carbocycles. The Morgan fingerprint density at radius 3 is 2.31 bits per heavy atom. The lowest BCUT2D eigenvalue weighted by Gasteiger charge is -2.21. The molecule has 0 atom stereocenters. The fraction of sp³-hybridized carbons (Fsp3) is 0.130. The van der Waals surface area contributed by atoms with Gasteiger partial charge in [0.15, 0.2) is 0 Å². The molecule has 9 heteroatoms. The Labute approximate surface area is 186 Å². The van der Waals surface area contributed by atoms with Crippen molar-refractivity contribution in [3.8, 4) is 5.75 Å². The summed E-state index contributed by atoms with van der Waals surface area (Å²) in [6, 6.07) is 20.2. The molecule has 0 aromatic heterocycles. The van der Waals surface area contributed by atoms with E-state index in [9.17, 15) is 17.6 Å². The number of rotatable bonds is 9. The first-order chi connectivity index (χ1) is 15.4. The van der Waals surface area contributed by atoms with Crippen LogP contribution in [0.1, 0.15) is 11.1 Å². The summed E-state index contributed by atoms with van der Waals surface area (Å²) in [6.45, 7) is -0.568. The van der Waals surface area contributed by atoms with Crippen molar-refractivity contribution in [3.63, 3.8) is 0 Å². The highest BCUT2D eigenvalue weighted by Gasteiger charge is 2.26. The molecule has 0 saturated carbocycles. The number of ether oxygens (including phenoxy) is 1. The van der Waals surface area contributed by atoms with Crippen LogP contribution in [0.15, 0.2) is 88.9 Å². The number of hydrogen-bond acceptors (Lipinski definition) is 5. The third-order valence-electron chi connectivity index (χ3n) is 4.49. The first-order valence-electron chi connectivity index (χ1n) is 9.64. The fourth-order valence-electron chi connectivity index (χ4n) is 2.83. The van der Waals surface area contributed by atoms with Crippen LogP contribution >= 0.6 is 0 Å². The van der Waals surface area contributed by atoms with Crippen molar-refractivity contribution in [2.24, 2.45) is 5.10 Å². The largest absolute Gasteiger partial charge is 0.497 e. The van der Waals surface area contributed by atoms with Gasteiger partial charge in [0, 0.05) is 6.54 Å². The number of nitrogens with one attached hydrogen (secondary N) is 1. The monoisotopic (exact) mass is 455 g/mol. The maximum Gasteiger partial charge on any atom is 0.255 e. The quantitative estimate of drug-likeness (QED) is 0.397. The second kappa shape index (κ2) is 10.7. The van der Waals surface area contributed by atoms with Gasteiger partial charge in [-0.15, -0.1) is 0 Å². The summed E-state index contributed by atoms with van der Waals surface area (Å²) in [5.74, 6) is -0.359. The summed E-state index contributed by atoms with van der Waals surface area (Å²) in [6.07, 6.45) is 1.44.